The summed E-state index contributed by atoms with van der Waals surface area (Å²) < 4.78 is 8.76. The first-order valence-corrected chi connectivity index (χ1v) is 10.1. The van der Waals surface area contributed by atoms with Crippen molar-refractivity contribution in [1.29, 1.82) is 0 Å². The first kappa shape index (κ1) is 18.6. The molecule has 0 aliphatic carbocycles. The molecule has 0 N–H and O–H groups in total. The Morgan fingerprint density at radius 2 is 1.87 bits per heavy atom. The van der Waals surface area contributed by atoms with Crippen molar-refractivity contribution in [3.63, 3.8) is 0 Å². The summed E-state index contributed by atoms with van der Waals surface area (Å²) in [5.41, 5.74) is 1.30. The number of aromatic nitrogens is 4. The van der Waals surface area contributed by atoms with Crippen molar-refractivity contribution >= 4 is 5.91 Å². The topological polar surface area (TPSA) is 82.2 Å². The van der Waals surface area contributed by atoms with E-state index < -0.39 is 0 Å². The van der Waals surface area contributed by atoms with Crippen LogP contribution in [0, 0.1) is 0 Å². The normalized spacial score (nSPS) is 20.0. The van der Waals surface area contributed by atoms with Crippen LogP contribution in [0.1, 0.15) is 29.2 Å². The molecule has 2 aliphatic rings. The van der Waals surface area contributed by atoms with Crippen LogP contribution in [0.3, 0.4) is 0 Å². The van der Waals surface area contributed by atoms with Gasteiger partial charge in [-0.15, -0.1) is 10.2 Å². The van der Waals surface area contributed by atoms with Crippen LogP contribution < -0.4 is 10.3 Å². The number of hydrogen-bond donors (Lipinski definition) is 0. The fourth-order valence-electron chi connectivity index (χ4n) is 4.66. The van der Waals surface area contributed by atoms with E-state index in [1.807, 2.05) is 47.0 Å². The summed E-state index contributed by atoms with van der Waals surface area (Å²) in [7, 11) is 3.47. The molecule has 0 radical (unpaired) electrons. The van der Waals surface area contributed by atoms with E-state index in [-0.39, 0.29) is 16.9 Å². The number of carbonyl (C=O) groups excluding carboxylic acids is 1. The maximum atomic E-state index is 13.1. The molecule has 0 saturated carbocycles. The Balaban J connectivity index is 1.45. The lowest BCUT2D eigenvalue weighted by molar-refractivity contribution is 0.0773. The van der Waals surface area contributed by atoms with E-state index in [0.29, 0.717) is 36.8 Å². The minimum absolute atomic E-state index is 0.0167. The highest BCUT2D eigenvalue weighted by atomic mass is 16.5. The Morgan fingerprint density at radius 1 is 1.10 bits per heavy atom. The number of hydrogen-bond acceptors (Lipinski definition) is 5. The number of nitrogens with zero attached hydrogens (tertiary/aromatic N) is 5. The zero-order valence-electron chi connectivity index (χ0n) is 17.0. The average Bonchev–Trinajstić information content (AvgIpc) is 3.48. The summed E-state index contributed by atoms with van der Waals surface area (Å²) >= 11 is 0. The number of benzene rings is 1. The number of ether oxygens (including phenoxy) is 1. The first-order chi connectivity index (χ1) is 14.5. The fraction of sp³-hybridized carbons (Fsp3) is 0.364. The highest BCUT2D eigenvalue weighted by Crippen LogP contribution is 2.41. The van der Waals surface area contributed by atoms with E-state index in [0.717, 1.165) is 24.2 Å². The summed E-state index contributed by atoms with van der Waals surface area (Å²) in [5.74, 6) is 1.44. The minimum atomic E-state index is -0.300. The number of methoxy groups -OCH3 is 1. The van der Waals surface area contributed by atoms with Gasteiger partial charge in [0.1, 0.15) is 17.3 Å². The molecule has 0 bridgehead atoms. The molecule has 8 nitrogen and oxygen atoms in total. The molecular weight excluding hydrogens is 382 g/mol. The Morgan fingerprint density at radius 3 is 2.57 bits per heavy atom. The van der Waals surface area contributed by atoms with Gasteiger partial charge in [0.05, 0.1) is 12.5 Å². The molecule has 1 fully saturated rings. The highest BCUT2D eigenvalue weighted by molar-refractivity contribution is 5.93. The number of amides is 1. The van der Waals surface area contributed by atoms with Crippen molar-refractivity contribution < 1.29 is 9.53 Å². The van der Waals surface area contributed by atoms with Gasteiger partial charge in [-0.3, -0.25) is 14.2 Å². The van der Waals surface area contributed by atoms with Crippen LogP contribution in [-0.4, -0.2) is 50.3 Å². The second-order valence-electron chi connectivity index (χ2n) is 8.07. The van der Waals surface area contributed by atoms with Crippen LogP contribution in [0.15, 0.2) is 47.4 Å². The van der Waals surface area contributed by atoms with Crippen LogP contribution in [0.4, 0.5) is 0 Å². The van der Waals surface area contributed by atoms with Gasteiger partial charge in [0, 0.05) is 38.4 Å². The molecule has 1 aromatic carbocycles. The third-order valence-electron chi connectivity index (χ3n) is 6.40. The van der Waals surface area contributed by atoms with Crippen molar-refractivity contribution in [2.24, 2.45) is 7.05 Å². The largest absolute Gasteiger partial charge is 0.497 e. The Kier molecular flexibility index (Phi) is 4.23. The minimum Gasteiger partial charge on any atom is -0.497 e. The SMILES string of the molecule is COc1ccc(-c2nnc3n(c2=O)CC[C@@]32CCN(C(=O)c3cccn3C)C2)cc1. The molecule has 8 heteroatoms. The molecule has 1 spiro atoms. The van der Waals surface area contributed by atoms with Gasteiger partial charge in [-0.2, -0.15) is 0 Å². The molecule has 0 unspecified atom stereocenters. The summed E-state index contributed by atoms with van der Waals surface area (Å²) in [5, 5.41) is 8.78. The Bertz CT molecular complexity index is 1180. The lowest BCUT2D eigenvalue weighted by Gasteiger charge is -2.23. The van der Waals surface area contributed by atoms with Gasteiger partial charge < -0.3 is 14.2 Å². The zero-order chi connectivity index (χ0) is 20.9. The van der Waals surface area contributed by atoms with Crippen LogP contribution in [0.5, 0.6) is 5.75 Å². The maximum absolute atomic E-state index is 13.1. The van der Waals surface area contributed by atoms with Crippen molar-refractivity contribution in [1.82, 2.24) is 24.2 Å². The van der Waals surface area contributed by atoms with Gasteiger partial charge in [-0.1, -0.05) is 0 Å². The number of aryl methyl sites for hydroxylation is 1. The van der Waals surface area contributed by atoms with Crippen LogP contribution >= 0.6 is 0 Å². The summed E-state index contributed by atoms with van der Waals surface area (Å²) in [6, 6.07) is 11.0. The third kappa shape index (κ3) is 2.74. The highest BCUT2D eigenvalue weighted by Gasteiger charge is 2.48. The molecule has 5 rings (SSSR count). The number of fused-ring (bicyclic) bond motifs is 2. The van der Waals surface area contributed by atoms with E-state index in [4.69, 9.17) is 4.74 Å². The molecule has 3 aromatic rings. The van der Waals surface area contributed by atoms with Crippen molar-refractivity contribution in [3.8, 4) is 17.0 Å². The Hall–Kier alpha value is -3.42. The molecule has 4 heterocycles. The number of likely N-dealkylation sites (tertiary alicyclic amines) is 1. The van der Waals surface area contributed by atoms with Gasteiger partial charge in [0.25, 0.3) is 11.5 Å². The van der Waals surface area contributed by atoms with Gasteiger partial charge in [0.15, 0.2) is 5.69 Å². The Labute approximate surface area is 173 Å². The summed E-state index contributed by atoms with van der Waals surface area (Å²) in [4.78, 5) is 27.9. The van der Waals surface area contributed by atoms with E-state index in [1.54, 1.807) is 23.8 Å². The molecule has 30 heavy (non-hydrogen) atoms. The van der Waals surface area contributed by atoms with E-state index in [1.165, 1.54) is 0 Å². The smallest absolute Gasteiger partial charge is 0.280 e. The predicted octanol–water partition coefficient (Wildman–Crippen LogP) is 1.84. The van der Waals surface area contributed by atoms with Gasteiger partial charge in [0.2, 0.25) is 0 Å². The van der Waals surface area contributed by atoms with Gasteiger partial charge in [-0.25, -0.2) is 0 Å². The second-order valence-corrected chi connectivity index (χ2v) is 8.07. The summed E-state index contributed by atoms with van der Waals surface area (Å²) in [6.45, 7) is 1.81. The van der Waals surface area contributed by atoms with E-state index in [9.17, 15) is 9.59 Å². The fourth-order valence-corrected chi connectivity index (χ4v) is 4.66. The quantitative estimate of drug-likeness (QED) is 0.664. The third-order valence-corrected chi connectivity index (χ3v) is 6.40. The predicted molar refractivity (Wildman–Crippen MR) is 111 cm³/mol. The van der Waals surface area contributed by atoms with E-state index >= 15 is 0 Å². The molecule has 2 aliphatic heterocycles. The lowest BCUT2D eigenvalue weighted by Crippen LogP contribution is -2.36. The summed E-state index contributed by atoms with van der Waals surface area (Å²) in [6.07, 6.45) is 3.45. The molecular formula is C22H23N5O3. The average molecular weight is 405 g/mol. The molecule has 1 amide bonds. The lowest BCUT2D eigenvalue weighted by atomic mass is 9.85. The molecule has 1 saturated heterocycles. The monoisotopic (exact) mass is 405 g/mol. The van der Waals surface area contributed by atoms with Crippen molar-refractivity contribution in [3.05, 3.63) is 64.5 Å². The van der Waals surface area contributed by atoms with Crippen LogP contribution in [0.25, 0.3) is 11.3 Å². The zero-order valence-corrected chi connectivity index (χ0v) is 17.0. The van der Waals surface area contributed by atoms with Crippen molar-refractivity contribution in [2.75, 3.05) is 20.2 Å². The molecule has 2 aromatic heterocycles. The number of rotatable bonds is 3. The first-order valence-electron chi connectivity index (χ1n) is 10.1. The van der Waals surface area contributed by atoms with Crippen LogP contribution in [0.2, 0.25) is 0 Å². The number of carbonyl (C=O) groups is 1. The second kappa shape index (κ2) is 6.83. The van der Waals surface area contributed by atoms with Crippen LogP contribution in [-0.2, 0) is 19.0 Å². The van der Waals surface area contributed by atoms with Crippen molar-refractivity contribution in [2.45, 2.75) is 24.8 Å². The maximum Gasteiger partial charge on any atom is 0.280 e. The van der Waals surface area contributed by atoms with Gasteiger partial charge in [-0.05, 0) is 49.2 Å². The molecule has 1 atom stereocenters. The molecule has 154 valence electrons. The van der Waals surface area contributed by atoms with Gasteiger partial charge >= 0.3 is 0 Å². The van der Waals surface area contributed by atoms with E-state index in [2.05, 4.69) is 10.2 Å². The standard InChI is InChI=1S/C22H23N5O3/c1-25-11-3-4-17(25)19(28)26-12-9-22(14-26)10-13-27-20(29)18(23-24-21(22)27)15-5-7-16(30-2)8-6-15/h3-8,11H,9-10,12-14H2,1-2H3/t22-/m1/s1.